The minimum absolute atomic E-state index is 0.0438. The van der Waals surface area contributed by atoms with E-state index in [1.54, 1.807) is 0 Å². The summed E-state index contributed by atoms with van der Waals surface area (Å²) in [6.07, 6.45) is 7.12. The third kappa shape index (κ3) is 7.65. The second-order valence-electron chi connectivity index (χ2n) is 3.24. The van der Waals surface area contributed by atoms with Crippen molar-refractivity contribution in [3.05, 3.63) is 0 Å². The summed E-state index contributed by atoms with van der Waals surface area (Å²) in [4.78, 5) is 20.3. The van der Waals surface area contributed by atoms with Crippen LogP contribution in [0.25, 0.3) is 0 Å². The summed E-state index contributed by atoms with van der Waals surface area (Å²) in [5.41, 5.74) is 0. The Balaban J connectivity index is 3.14. The Bertz CT molecular complexity index is 134. The van der Waals surface area contributed by atoms with Gasteiger partial charge in [0.15, 0.2) is 0 Å². The zero-order chi connectivity index (χ0) is 9.94. The molecule has 13 heavy (non-hydrogen) atoms. The smallest absolute Gasteiger partial charge is 0.125 e. The highest BCUT2D eigenvalue weighted by Crippen LogP contribution is 2.09. The normalized spacial score (nSPS) is 12.4. The second-order valence-corrected chi connectivity index (χ2v) is 3.24. The second kappa shape index (κ2) is 9.39. The fourth-order valence-electron chi connectivity index (χ4n) is 1.19. The molecule has 0 aromatic carbocycles. The van der Waals surface area contributed by atoms with Crippen molar-refractivity contribution in [1.29, 1.82) is 0 Å². The first-order chi connectivity index (χ1) is 6.35. The molecule has 0 spiro atoms. The van der Waals surface area contributed by atoms with E-state index in [0.717, 1.165) is 44.7 Å². The molecular weight excluding hydrogens is 168 g/mol. The highest BCUT2D eigenvalue weighted by atomic mass is 16.3. The number of carbonyl (C=O) groups excluding carboxylic acids is 2. The van der Waals surface area contributed by atoms with E-state index in [1.165, 1.54) is 0 Å². The van der Waals surface area contributed by atoms with Gasteiger partial charge in [-0.1, -0.05) is 19.3 Å². The van der Waals surface area contributed by atoms with Crippen molar-refractivity contribution in [2.45, 2.75) is 38.5 Å². The standard InChI is InChI=1S/C10H18O3/c11-7-5-3-1-2-4-6-10(8-12)9-13/h7-8,10,13H,1-6,9H2. The Morgan fingerprint density at radius 2 is 1.77 bits per heavy atom. The molecule has 1 N–H and O–H groups in total. The van der Waals surface area contributed by atoms with Gasteiger partial charge in [0.25, 0.3) is 0 Å². The molecule has 0 fully saturated rings. The summed E-state index contributed by atoms with van der Waals surface area (Å²) in [5.74, 6) is -0.189. The SMILES string of the molecule is O=CCCCCCCC(C=O)CO. The van der Waals surface area contributed by atoms with Crippen molar-refractivity contribution >= 4 is 12.6 Å². The molecule has 0 heterocycles. The van der Waals surface area contributed by atoms with E-state index in [9.17, 15) is 9.59 Å². The van der Waals surface area contributed by atoms with Crippen LogP contribution in [-0.2, 0) is 9.59 Å². The first-order valence-corrected chi connectivity index (χ1v) is 4.85. The zero-order valence-corrected chi connectivity index (χ0v) is 7.95. The highest BCUT2D eigenvalue weighted by molar-refractivity contribution is 5.53. The van der Waals surface area contributed by atoms with Crippen LogP contribution >= 0.6 is 0 Å². The van der Waals surface area contributed by atoms with Gasteiger partial charge >= 0.3 is 0 Å². The lowest BCUT2D eigenvalue weighted by molar-refractivity contribution is -0.112. The molecule has 0 saturated heterocycles. The predicted octanol–water partition coefficient (Wildman–Crippen LogP) is 1.33. The predicted molar refractivity (Wildman–Crippen MR) is 50.4 cm³/mol. The maximum absolute atomic E-state index is 10.3. The van der Waals surface area contributed by atoms with E-state index in [2.05, 4.69) is 0 Å². The highest BCUT2D eigenvalue weighted by Gasteiger charge is 2.03. The van der Waals surface area contributed by atoms with E-state index < -0.39 is 0 Å². The molecule has 0 aromatic rings. The maximum atomic E-state index is 10.3. The lowest BCUT2D eigenvalue weighted by Gasteiger charge is -2.04. The van der Waals surface area contributed by atoms with Crippen LogP contribution in [0.3, 0.4) is 0 Å². The number of rotatable bonds is 9. The molecule has 0 aliphatic carbocycles. The molecule has 0 amide bonds. The Hall–Kier alpha value is -0.700. The van der Waals surface area contributed by atoms with E-state index in [1.807, 2.05) is 0 Å². The van der Waals surface area contributed by atoms with Crippen LogP contribution in [-0.4, -0.2) is 24.3 Å². The van der Waals surface area contributed by atoms with Gasteiger partial charge in [-0.2, -0.15) is 0 Å². The fraction of sp³-hybridized carbons (Fsp3) is 0.800. The molecular formula is C10H18O3. The number of aliphatic hydroxyl groups excluding tert-OH is 1. The summed E-state index contributed by atoms with van der Waals surface area (Å²) in [7, 11) is 0. The van der Waals surface area contributed by atoms with Crippen LogP contribution in [0, 0.1) is 5.92 Å². The molecule has 0 rings (SSSR count). The topological polar surface area (TPSA) is 54.4 Å². The monoisotopic (exact) mass is 186 g/mol. The zero-order valence-electron chi connectivity index (χ0n) is 7.95. The third-order valence-corrected chi connectivity index (χ3v) is 2.07. The fourth-order valence-corrected chi connectivity index (χ4v) is 1.19. The van der Waals surface area contributed by atoms with Crippen LogP contribution in [0.4, 0.5) is 0 Å². The molecule has 1 atom stereocenters. The van der Waals surface area contributed by atoms with Gasteiger partial charge in [0.1, 0.15) is 12.6 Å². The number of aldehydes is 2. The number of hydrogen-bond acceptors (Lipinski definition) is 3. The van der Waals surface area contributed by atoms with Crippen molar-refractivity contribution in [2.24, 2.45) is 5.92 Å². The minimum atomic E-state index is -0.189. The molecule has 1 unspecified atom stereocenters. The van der Waals surface area contributed by atoms with Crippen molar-refractivity contribution in [3.63, 3.8) is 0 Å². The van der Waals surface area contributed by atoms with Gasteiger partial charge < -0.3 is 14.7 Å². The maximum Gasteiger partial charge on any atom is 0.125 e. The molecule has 3 heteroatoms. The van der Waals surface area contributed by atoms with Crippen molar-refractivity contribution in [1.82, 2.24) is 0 Å². The van der Waals surface area contributed by atoms with Gasteiger partial charge in [-0.15, -0.1) is 0 Å². The Kier molecular flexibility index (Phi) is 8.88. The molecule has 76 valence electrons. The van der Waals surface area contributed by atoms with E-state index in [4.69, 9.17) is 5.11 Å². The van der Waals surface area contributed by atoms with Gasteiger partial charge in [-0.05, 0) is 12.8 Å². The Morgan fingerprint density at radius 3 is 2.31 bits per heavy atom. The van der Waals surface area contributed by atoms with Crippen LogP contribution in [0.5, 0.6) is 0 Å². The number of hydrogen-bond donors (Lipinski definition) is 1. The Morgan fingerprint density at radius 1 is 1.08 bits per heavy atom. The summed E-state index contributed by atoms with van der Waals surface area (Å²) in [5, 5.41) is 8.69. The van der Waals surface area contributed by atoms with Crippen LogP contribution in [0.15, 0.2) is 0 Å². The number of unbranched alkanes of at least 4 members (excludes halogenated alkanes) is 4. The lowest BCUT2D eigenvalue weighted by Crippen LogP contribution is -2.06. The summed E-state index contributed by atoms with van der Waals surface area (Å²) >= 11 is 0. The Labute approximate surface area is 79.1 Å². The molecule has 0 bridgehead atoms. The van der Waals surface area contributed by atoms with Crippen molar-refractivity contribution in [2.75, 3.05) is 6.61 Å². The van der Waals surface area contributed by atoms with Gasteiger partial charge in [0.05, 0.1) is 6.61 Å². The summed E-state index contributed by atoms with van der Waals surface area (Å²) in [6, 6.07) is 0. The van der Waals surface area contributed by atoms with Gasteiger partial charge in [0.2, 0.25) is 0 Å². The minimum Gasteiger partial charge on any atom is -0.396 e. The van der Waals surface area contributed by atoms with Crippen LogP contribution < -0.4 is 0 Å². The average Bonchev–Trinajstić information content (AvgIpc) is 2.17. The summed E-state index contributed by atoms with van der Waals surface area (Å²) in [6.45, 7) is -0.0438. The lowest BCUT2D eigenvalue weighted by atomic mass is 10.0. The van der Waals surface area contributed by atoms with E-state index in [-0.39, 0.29) is 12.5 Å². The van der Waals surface area contributed by atoms with Gasteiger partial charge in [-0.3, -0.25) is 0 Å². The first-order valence-electron chi connectivity index (χ1n) is 4.85. The molecule has 0 aliphatic heterocycles. The largest absolute Gasteiger partial charge is 0.396 e. The molecule has 3 nitrogen and oxygen atoms in total. The van der Waals surface area contributed by atoms with Gasteiger partial charge in [-0.25, -0.2) is 0 Å². The van der Waals surface area contributed by atoms with Crippen molar-refractivity contribution in [3.8, 4) is 0 Å². The first kappa shape index (κ1) is 12.3. The quantitative estimate of drug-likeness (QED) is 0.436. The molecule has 0 saturated carbocycles. The van der Waals surface area contributed by atoms with Crippen LogP contribution in [0.1, 0.15) is 38.5 Å². The third-order valence-electron chi connectivity index (χ3n) is 2.07. The van der Waals surface area contributed by atoms with E-state index in [0.29, 0.717) is 6.42 Å². The van der Waals surface area contributed by atoms with E-state index >= 15 is 0 Å². The van der Waals surface area contributed by atoms with Crippen LogP contribution in [0.2, 0.25) is 0 Å². The van der Waals surface area contributed by atoms with Gasteiger partial charge in [0, 0.05) is 12.3 Å². The van der Waals surface area contributed by atoms with Crippen molar-refractivity contribution < 1.29 is 14.7 Å². The number of carbonyl (C=O) groups is 2. The number of aliphatic hydroxyl groups is 1. The molecule has 0 radical (unpaired) electrons. The average molecular weight is 186 g/mol. The summed E-state index contributed by atoms with van der Waals surface area (Å²) < 4.78 is 0. The molecule has 0 aromatic heterocycles. The molecule has 0 aliphatic rings.